The molecule has 2 aromatic heterocycles. The molecule has 0 saturated heterocycles. The first-order valence-corrected chi connectivity index (χ1v) is 16.1. The fourth-order valence-corrected chi connectivity index (χ4v) is 2.49. The maximum Gasteiger partial charge on any atom is 0.0802 e. The van der Waals surface area contributed by atoms with Gasteiger partial charge in [-0.1, -0.05) is 36.4 Å². The fourth-order valence-electron chi connectivity index (χ4n) is 2.49. The molecule has 0 aliphatic carbocycles. The van der Waals surface area contributed by atoms with Crippen LogP contribution in [-0.4, -0.2) is 9.97 Å². The second-order valence-corrected chi connectivity index (χ2v) is 14.4. The van der Waals surface area contributed by atoms with Crippen molar-refractivity contribution < 1.29 is 14.5 Å². The number of rotatable bonds is 0. The molecular weight excluding hydrogens is 575 g/mol. The number of benzene rings is 2. The Morgan fingerprint density at radius 2 is 1.10 bits per heavy atom. The number of nitrogens with zero attached hydrogens (tertiary/aromatic N) is 2. The molecule has 0 bridgehead atoms. The van der Waals surface area contributed by atoms with E-state index in [1.807, 2.05) is 24.5 Å². The minimum absolute atomic E-state index is 0.208. The zero-order chi connectivity index (χ0) is 14.7. The van der Waals surface area contributed by atoms with Gasteiger partial charge in [0.15, 0.2) is 0 Å². The number of hydrogen-bond donors (Lipinski definition) is 0. The molecule has 0 fully saturated rings. The summed E-state index contributed by atoms with van der Waals surface area (Å²) < 4.78 is 0. The van der Waals surface area contributed by atoms with Crippen LogP contribution < -0.4 is 0 Å². The molecule has 2 aromatic carbocycles. The second-order valence-electron chi connectivity index (χ2n) is 4.42. The van der Waals surface area contributed by atoms with Gasteiger partial charge in [0.1, 0.15) is 0 Å². The third-order valence-electron chi connectivity index (χ3n) is 3.33. The van der Waals surface area contributed by atoms with Gasteiger partial charge in [0.2, 0.25) is 0 Å². The molecule has 21 heavy (non-hydrogen) atoms. The van der Waals surface area contributed by atoms with Gasteiger partial charge < -0.3 is 0 Å². The summed E-state index contributed by atoms with van der Waals surface area (Å²) >= 11 is 6.56. The third-order valence-corrected chi connectivity index (χ3v) is 3.33. The first kappa shape index (κ1) is 15.1. The number of hydrogen-bond acceptors (Lipinski definition) is 2. The van der Waals surface area contributed by atoms with Crippen molar-refractivity contribution in [2.75, 3.05) is 0 Å². The van der Waals surface area contributed by atoms with Crippen molar-refractivity contribution in [3.63, 3.8) is 0 Å². The van der Waals surface area contributed by atoms with Crippen LogP contribution in [0.3, 0.4) is 0 Å². The third kappa shape index (κ3) is 3.03. The predicted octanol–water partition coefficient (Wildman–Crippen LogP) is 5.62. The molecule has 0 amide bonds. The van der Waals surface area contributed by atoms with Crippen LogP contribution in [0.15, 0.2) is 60.9 Å². The molecule has 0 radical (unpaired) electrons. The normalized spacial score (nSPS) is 10.8. The average molecular weight is 585 g/mol. The second kappa shape index (κ2) is 6.95. The molecule has 0 unspecified atom stereocenters. The number of halogens is 2. The summed E-state index contributed by atoms with van der Waals surface area (Å²) in [5, 5.41) is 4.64. The van der Waals surface area contributed by atoms with Crippen LogP contribution >= 0.6 is 26.6 Å². The van der Waals surface area contributed by atoms with Crippen LogP contribution in [0.2, 0.25) is 0 Å². The van der Waals surface area contributed by atoms with E-state index in [1.165, 1.54) is 5.39 Å². The molecular formula is C16H10Br2N2Pt. The van der Waals surface area contributed by atoms with Gasteiger partial charge in [-0.05, 0) is 17.5 Å². The zero-order valence-corrected chi connectivity index (χ0v) is 16.2. The summed E-state index contributed by atoms with van der Waals surface area (Å²) in [7, 11) is 0. The van der Waals surface area contributed by atoms with Crippen molar-refractivity contribution in [2.24, 2.45) is 0 Å². The van der Waals surface area contributed by atoms with E-state index in [0.29, 0.717) is 0 Å². The van der Waals surface area contributed by atoms with Crippen molar-refractivity contribution in [3.05, 3.63) is 60.9 Å². The first-order chi connectivity index (χ1) is 10.3. The van der Waals surface area contributed by atoms with Crippen molar-refractivity contribution in [2.45, 2.75) is 0 Å². The Morgan fingerprint density at radius 3 is 1.57 bits per heavy atom. The minimum atomic E-state index is 0.208. The van der Waals surface area contributed by atoms with Gasteiger partial charge >= 0.3 is 41.0 Å². The molecule has 108 valence electrons. The average Bonchev–Trinajstić information content (AvgIpc) is 2.55. The van der Waals surface area contributed by atoms with Crippen LogP contribution in [0.4, 0.5) is 0 Å². The maximum atomic E-state index is 4.52. The summed E-state index contributed by atoms with van der Waals surface area (Å²) in [6.45, 7) is 0. The van der Waals surface area contributed by atoms with Gasteiger partial charge in [-0.15, -0.1) is 0 Å². The van der Waals surface area contributed by atoms with E-state index < -0.39 is 0 Å². The van der Waals surface area contributed by atoms with Gasteiger partial charge in [0.25, 0.3) is 0 Å². The molecule has 4 rings (SSSR count). The van der Waals surface area contributed by atoms with Crippen LogP contribution in [0.5, 0.6) is 0 Å². The van der Waals surface area contributed by atoms with Crippen molar-refractivity contribution in [1.82, 2.24) is 9.97 Å². The summed E-state index contributed by atoms with van der Waals surface area (Å²) in [5.74, 6) is 0. The van der Waals surface area contributed by atoms with Gasteiger partial charge in [-0.2, -0.15) is 0 Å². The van der Waals surface area contributed by atoms with Crippen molar-refractivity contribution in [3.8, 4) is 0 Å². The van der Waals surface area contributed by atoms with E-state index >= 15 is 0 Å². The number of aromatic nitrogens is 2. The predicted molar refractivity (Wildman–Crippen MR) is 92.4 cm³/mol. The molecule has 0 atom stereocenters. The zero-order valence-electron chi connectivity index (χ0n) is 10.7. The monoisotopic (exact) mass is 583 g/mol. The Balaban J connectivity index is 0.000000409. The Labute approximate surface area is 143 Å². The van der Waals surface area contributed by atoms with Crippen molar-refractivity contribution in [1.29, 1.82) is 0 Å². The molecule has 0 saturated carbocycles. The van der Waals surface area contributed by atoms with Gasteiger partial charge in [-0.3, -0.25) is 9.97 Å². The Morgan fingerprint density at radius 1 is 0.667 bits per heavy atom. The van der Waals surface area contributed by atoms with Crippen LogP contribution in [-0.2, 0) is 14.5 Å². The molecule has 2 heterocycles. The Kier molecular flexibility index (Phi) is 4.99. The van der Waals surface area contributed by atoms with E-state index in [1.54, 1.807) is 0 Å². The molecule has 0 N–H and O–H groups in total. The van der Waals surface area contributed by atoms with E-state index in [-0.39, 0.29) is 14.5 Å². The molecule has 0 aliphatic rings. The van der Waals surface area contributed by atoms with Crippen LogP contribution in [0.25, 0.3) is 32.6 Å². The summed E-state index contributed by atoms with van der Waals surface area (Å²) in [5.41, 5.74) is 2.05. The van der Waals surface area contributed by atoms with E-state index in [4.69, 9.17) is 0 Å². The smallest absolute Gasteiger partial charge is 0.0802 e. The van der Waals surface area contributed by atoms with E-state index in [2.05, 4.69) is 73.0 Å². The molecule has 4 aromatic rings. The largest absolute Gasteiger partial charge is 0.256 e. The van der Waals surface area contributed by atoms with Crippen molar-refractivity contribution >= 4 is 59.2 Å². The molecule has 0 spiro atoms. The van der Waals surface area contributed by atoms with Gasteiger partial charge in [0, 0.05) is 28.6 Å². The van der Waals surface area contributed by atoms with E-state index in [0.717, 1.165) is 27.2 Å². The Bertz CT molecular complexity index is 841. The quantitative estimate of drug-likeness (QED) is 0.251. The topological polar surface area (TPSA) is 25.8 Å². The summed E-state index contributed by atoms with van der Waals surface area (Å²) in [4.78, 5) is 9.04. The van der Waals surface area contributed by atoms with E-state index in [9.17, 15) is 0 Å². The van der Waals surface area contributed by atoms with Crippen LogP contribution in [0, 0.1) is 0 Å². The summed E-state index contributed by atoms with van der Waals surface area (Å²) in [6, 6.07) is 16.6. The standard InChI is InChI=1S/C16H10N2.2BrH.Pt/c1-3-12-7-5-11-6-8-13-4-2-10-18-16(13)14(11)15(12)17-9-1;;;/h1-10H;2*1H;/q;;;+2/p-2. The molecule has 2 nitrogen and oxygen atoms in total. The fraction of sp³-hybridized carbons (Fsp3) is 0. The van der Waals surface area contributed by atoms with Gasteiger partial charge in [0.05, 0.1) is 11.0 Å². The maximum absolute atomic E-state index is 4.52. The number of fused-ring (bicyclic) bond motifs is 5. The molecule has 5 heteroatoms. The first-order valence-electron chi connectivity index (χ1n) is 6.18. The molecule has 0 aliphatic heterocycles. The SMILES string of the molecule is [Br][Pt][Br].c1cnc2c(c1)ccc1ccc3cccnc3c12. The minimum Gasteiger partial charge on any atom is -0.256 e. The number of pyridine rings is 2. The van der Waals surface area contributed by atoms with Gasteiger partial charge in [-0.25, -0.2) is 0 Å². The Hall–Kier alpha value is -0.832. The summed E-state index contributed by atoms with van der Waals surface area (Å²) in [6.07, 6.45) is 3.67. The van der Waals surface area contributed by atoms with Crippen LogP contribution in [0.1, 0.15) is 0 Å².